The second-order valence-corrected chi connectivity index (χ2v) is 12.4. The van der Waals surface area contributed by atoms with Crippen molar-refractivity contribution in [2.45, 2.75) is 23.8 Å². The van der Waals surface area contributed by atoms with Crippen molar-refractivity contribution in [1.29, 1.82) is 0 Å². The number of anilines is 1. The number of carbonyl (C=O) groups excluding carboxylic acids is 1. The predicted octanol–water partition coefficient (Wildman–Crippen LogP) is 3.74. The fourth-order valence-corrected chi connectivity index (χ4v) is 6.42. The number of likely N-dealkylation sites (N-methyl/N-ethyl adjacent to an activating group) is 2. The normalized spacial score (nSPS) is 15.5. The molecular weight excluding hydrogens is 564 g/mol. The van der Waals surface area contributed by atoms with Crippen LogP contribution < -0.4 is 14.4 Å². The van der Waals surface area contributed by atoms with Crippen molar-refractivity contribution >= 4 is 55.0 Å². The molecule has 1 aromatic heterocycles. The molecule has 0 aliphatic carbocycles. The zero-order valence-corrected chi connectivity index (χ0v) is 25.2. The lowest BCUT2D eigenvalue weighted by atomic mass is 10.2. The number of sulfonamides is 1. The highest BCUT2D eigenvalue weighted by molar-refractivity contribution is 7.89. The number of nitrogens with zero attached hydrogens (tertiary/aromatic N) is 4. The minimum absolute atomic E-state index is 0. The summed E-state index contributed by atoms with van der Waals surface area (Å²) in [5, 5.41) is 0.537. The van der Waals surface area contributed by atoms with E-state index >= 15 is 0 Å². The average molecular weight is 599 g/mol. The highest BCUT2D eigenvalue weighted by atomic mass is 35.5. The number of hydrogen-bond acceptors (Lipinski definition) is 9. The quantitative estimate of drug-likeness (QED) is 0.329. The number of benzene rings is 2. The largest absolute Gasteiger partial charge is 0.493 e. The summed E-state index contributed by atoms with van der Waals surface area (Å²) in [7, 11) is 4.85. The Morgan fingerprint density at radius 1 is 1.08 bits per heavy atom. The number of aromatic nitrogens is 1. The fourth-order valence-electron chi connectivity index (χ4n) is 4.22. The Labute approximate surface area is 239 Å². The zero-order valence-electron chi connectivity index (χ0n) is 22.7. The van der Waals surface area contributed by atoms with Crippen LogP contribution in [0.2, 0.25) is 0 Å². The first-order valence-corrected chi connectivity index (χ1v) is 14.6. The van der Waals surface area contributed by atoms with Crippen LogP contribution >= 0.6 is 23.7 Å². The van der Waals surface area contributed by atoms with E-state index in [9.17, 15) is 13.2 Å². The van der Waals surface area contributed by atoms with Gasteiger partial charge >= 0.3 is 0 Å². The number of methoxy groups -OCH3 is 2. The number of fused-ring (bicyclic) bond motifs is 1. The molecule has 4 rings (SSSR count). The molecule has 39 heavy (non-hydrogen) atoms. The van der Waals surface area contributed by atoms with Crippen molar-refractivity contribution in [3.8, 4) is 11.5 Å². The number of amides is 1. The SMILES string of the molecule is COc1cc2nc(N(CCN(C)C)C(=O)c3ccc(S(=O)(=O)N(C)CC4CCCO4)cc3)sc2cc1OC.Cl. The Bertz CT molecular complexity index is 1330. The molecule has 13 heteroatoms. The van der Waals surface area contributed by atoms with Crippen molar-refractivity contribution in [1.82, 2.24) is 14.2 Å². The molecule has 1 saturated heterocycles. The lowest BCUT2D eigenvalue weighted by Crippen LogP contribution is -2.37. The van der Waals surface area contributed by atoms with Crippen LogP contribution in [-0.4, -0.2) is 96.2 Å². The molecule has 1 amide bonds. The maximum Gasteiger partial charge on any atom is 0.260 e. The van der Waals surface area contributed by atoms with Gasteiger partial charge in [0.15, 0.2) is 16.6 Å². The standard InChI is InChI=1S/C26H34N4O6S2.ClH/c1-28(2)12-13-30(26-27-21-15-22(34-4)23(35-5)16-24(21)37-26)25(31)18-8-10-20(11-9-18)38(32,33)29(3)17-19-7-6-14-36-19;/h8-11,15-16,19H,6-7,12-14,17H2,1-5H3;1H. The van der Waals surface area contributed by atoms with Crippen molar-refractivity contribution in [2.75, 3.05) is 66.5 Å². The molecule has 1 aliphatic rings. The van der Waals surface area contributed by atoms with E-state index in [0.29, 0.717) is 54.0 Å². The smallest absolute Gasteiger partial charge is 0.260 e. The molecular formula is C26H35ClN4O6S2. The van der Waals surface area contributed by atoms with Gasteiger partial charge in [0.05, 0.1) is 35.4 Å². The molecule has 0 saturated carbocycles. The number of halogens is 1. The van der Waals surface area contributed by atoms with Crippen LogP contribution in [0.4, 0.5) is 5.13 Å². The van der Waals surface area contributed by atoms with E-state index in [-0.39, 0.29) is 29.3 Å². The number of carbonyl (C=O) groups is 1. The Hall–Kier alpha value is -2.48. The summed E-state index contributed by atoms with van der Waals surface area (Å²) in [5.74, 6) is 0.883. The van der Waals surface area contributed by atoms with Gasteiger partial charge in [-0.05, 0) is 51.2 Å². The van der Waals surface area contributed by atoms with E-state index in [2.05, 4.69) is 0 Å². The molecule has 214 valence electrons. The molecule has 0 N–H and O–H groups in total. The first-order valence-electron chi connectivity index (χ1n) is 12.3. The Kier molecular flexibility index (Phi) is 10.5. The number of ether oxygens (including phenoxy) is 3. The maximum atomic E-state index is 13.7. The molecule has 0 radical (unpaired) electrons. The summed E-state index contributed by atoms with van der Waals surface area (Å²) in [6, 6.07) is 9.69. The molecule has 10 nitrogen and oxygen atoms in total. The van der Waals surface area contributed by atoms with Gasteiger partial charge in [-0.2, -0.15) is 4.31 Å². The Morgan fingerprint density at radius 3 is 2.33 bits per heavy atom. The van der Waals surface area contributed by atoms with Gasteiger partial charge in [-0.3, -0.25) is 9.69 Å². The molecule has 0 bridgehead atoms. The number of thiazole rings is 1. The minimum Gasteiger partial charge on any atom is -0.493 e. The number of rotatable bonds is 11. The lowest BCUT2D eigenvalue weighted by molar-refractivity contribution is 0.0978. The van der Waals surface area contributed by atoms with E-state index in [1.54, 1.807) is 44.4 Å². The van der Waals surface area contributed by atoms with Crippen LogP contribution in [0.3, 0.4) is 0 Å². The summed E-state index contributed by atoms with van der Waals surface area (Å²) >= 11 is 1.38. The maximum absolute atomic E-state index is 13.7. The first kappa shape index (κ1) is 31.1. The van der Waals surface area contributed by atoms with E-state index in [0.717, 1.165) is 17.5 Å². The first-order chi connectivity index (χ1) is 18.1. The van der Waals surface area contributed by atoms with E-state index in [1.165, 1.54) is 27.8 Å². The molecule has 1 aliphatic heterocycles. The van der Waals surface area contributed by atoms with Crippen molar-refractivity contribution in [3.63, 3.8) is 0 Å². The summed E-state index contributed by atoms with van der Waals surface area (Å²) in [5.41, 5.74) is 1.07. The second kappa shape index (κ2) is 13.2. The topological polar surface area (TPSA) is 102 Å². The van der Waals surface area contributed by atoms with E-state index < -0.39 is 10.0 Å². The van der Waals surface area contributed by atoms with E-state index in [4.69, 9.17) is 19.2 Å². The van der Waals surface area contributed by atoms with Gasteiger partial charge < -0.3 is 19.1 Å². The summed E-state index contributed by atoms with van der Waals surface area (Å²) in [6.07, 6.45) is 1.70. The highest BCUT2D eigenvalue weighted by Gasteiger charge is 2.27. The summed E-state index contributed by atoms with van der Waals surface area (Å²) < 4.78 is 44.7. The van der Waals surface area contributed by atoms with Gasteiger partial charge in [0, 0.05) is 51.0 Å². The van der Waals surface area contributed by atoms with Crippen molar-refractivity contribution in [3.05, 3.63) is 42.0 Å². The molecule has 1 fully saturated rings. The van der Waals surface area contributed by atoms with Crippen LogP contribution in [-0.2, 0) is 14.8 Å². The summed E-state index contributed by atoms with van der Waals surface area (Å²) in [4.78, 5) is 22.1. The average Bonchev–Trinajstić information content (AvgIpc) is 3.57. The molecule has 1 atom stereocenters. The monoisotopic (exact) mass is 598 g/mol. The fraction of sp³-hybridized carbons (Fsp3) is 0.462. The molecule has 2 heterocycles. The highest BCUT2D eigenvalue weighted by Crippen LogP contribution is 2.37. The van der Waals surface area contributed by atoms with Gasteiger partial charge in [0.1, 0.15) is 0 Å². The van der Waals surface area contributed by atoms with Crippen LogP contribution in [0.15, 0.2) is 41.3 Å². The van der Waals surface area contributed by atoms with Crippen LogP contribution in [0, 0.1) is 0 Å². The zero-order chi connectivity index (χ0) is 27.4. The molecule has 2 aromatic carbocycles. The van der Waals surface area contributed by atoms with Gasteiger partial charge in [0.25, 0.3) is 5.91 Å². The third-order valence-corrected chi connectivity index (χ3v) is 9.30. The Balaban J connectivity index is 0.00000420. The predicted molar refractivity (Wildman–Crippen MR) is 155 cm³/mol. The third kappa shape index (κ3) is 7.00. The molecule has 1 unspecified atom stereocenters. The van der Waals surface area contributed by atoms with Crippen molar-refractivity contribution < 1.29 is 27.4 Å². The van der Waals surface area contributed by atoms with Crippen LogP contribution in [0.1, 0.15) is 23.2 Å². The van der Waals surface area contributed by atoms with Gasteiger partial charge in [-0.15, -0.1) is 12.4 Å². The van der Waals surface area contributed by atoms with Crippen LogP contribution in [0.5, 0.6) is 11.5 Å². The molecule has 0 spiro atoms. The lowest BCUT2D eigenvalue weighted by Gasteiger charge is -2.22. The van der Waals surface area contributed by atoms with Crippen LogP contribution in [0.25, 0.3) is 10.2 Å². The van der Waals surface area contributed by atoms with E-state index in [1.807, 2.05) is 25.1 Å². The molecule has 3 aromatic rings. The van der Waals surface area contributed by atoms with Gasteiger partial charge in [-0.1, -0.05) is 11.3 Å². The minimum atomic E-state index is -3.71. The van der Waals surface area contributed by atoms with Crippen molar-refractivity contribution in [2.24, 2.45) is 0 Å². The third-order valence-electron chi connectivity index (χ3n) is 6.42. The second-order valence-electron chi connectivity index (χ2n) is 9.38. The van der Waals surface area contributed by atoms with Gasteiger partial charge in [0.2, 0.25) is 10.0 Å². The van der Waals surface area contributed by atoms with Gasteiger partial charge in [-0.25, -0.2) is 13.4 Å². The number of hydrogen-bond donors (Lipinski definition) is 0. The Morgan fingerprint density at radius 2 is 1.74 bits per heavy atom. The summed E-state index contributed by atoms with van der Waals surface area (Å²) in [6.45, 7) is 1.99.